The number of carbonyl (C=O) groups is 1. The quantitative estimate of drug-likeness (QED) is 0.150. The monoisotopic (exact) mass is 571 g/mol. The van der Waals surface area contributed by atoms with Crippen molar-refractivity contribution in [2.75, 3.05) is 0 Å². The Balaban J connectivity index is 1.23. The predicted octanol–water partition coefficient (Wildman–Crippen LogP) is 8.24. The molecule has 1 N–H and O–H groups in total. The molecule has 5 nitrogen and oxygen atoms in total. The molecule has 0 radical (unpaired) electrons. The lowest BCUT2D eigenvalue weighted by molar-refractivity contribution is 0.0955. The summed E-state index contributed by atoms with van der Waals surface area (Å²) in [4.78, 5) is 12.7. The van der Waals surface area contributed by atoms with Gasteiger partial charge in [-0.3, -0.25) is 4.79 Å². The highest BCUT2D eigenvalue weighted by molar-refractivity contribution is 6.37. The topological polar surface area (TPSA) is 55.6 Å². The number of amides is 1. The van der Waals surface area contributed by atoms with Gasteiger partial charge in [0.2, 0.25) is 0 Å². The number of halogens is 3. The molecule has 0 fully saturated rings. The van der Waals surface area contributed by atoms with E-state index in [2.05, 4.69) is 39.4 Å². The van der Waals surface area contributed by atoms with Crippen LogP contribution in [0.5, 0.6) is 5.75 Å². The normalized spacial score (nSPS) is 11.1. The fourth-order valence-corrected chi connectivity index (χ4v) is 4.89. The summed E-state index contributed by atoms with van der Waals surface area (Å²) in [7, 11) is 0. The van der Waals surface area contributed by atoms with E-state index in [1.165, 1.54) is 18.3 Å². The Kier molecular flexibility index (Phi) is 8.29. The van der Waals surface area contributed by atoms with Gasteiger partial charge in [0.15, 0.2) is 5.75 Å². The number of hydrogen-bond donors (Lipinski definition) is 1. The predicted molar refractivity (Wildman–Crippen MR) is 158 cm³/mol. The Morgan fingerprint density at radius 2 is 1.65 bits per heavy atom. The van der Waals surface area contributed by atoms with Crippen molar-refractivity contribution in [3.05, 3.63) is 141 Å². The van der Waals surface area contributed by atoms with Crippen molar-refractivity contribution in [1.29, 1.82) is 0 Å². The molecule has 0 saturated carbocycles. The second kappa shape index (κ2) is 12.2. The number of aromatic nitrogens is 1. The van der Waals surface area contributed by atoms with E-state index >= 15 is 0 Å². The van der Waals surface area contributed by atoms with Gasteiger partial charge in [-0.25, -0.2) is 9.82 Å². The van der Waals surface area contributed by atoms with Crippen molar-refractivity contribution in [3.63, 3.8) is 0 Å². The van der Waals surface area contributed by atoms with Crippen molar-refractivity contribution in [2.45, 2.75) is 13.5 Å². The van der Waals surface area contributed by atoms with Crippen LogP contribution in [0.25, 0.3) is 16.9 Å². The molecule has 5 aromatic rings. The minimum absolute atomic E-state index is 0.108. The lowest BCUT2D eigenvalue weighted by Gasteiger charge is -2.13. The maximum absolute atomic E-state index is 13.4. The molecule has 0 atom stereocenters. The third kappa shape index (κ3) is 6.25. The summed E-state index contributed by atoms with van der Waals surface area (Å²) in [6.07, 6.45) is 1.44. The average molecular weight is 572 g/mol. The third-order valence-electron chi connectivity index (χ3n) is 6.21. The highest BCUT2D eigenvalue weighted by Crippen LogP contribution is 2.34. The fraction of sp³-hybridized carbons (Fsp3) is 0.0625. The summed E-state index contributed by atoms with van der Waals surface area (Å²) in [5, 5.41) is 4.58. The number of benzene rings is 4. The van der Waals surface area contributed by atoms with E-state index in [1.54, 1.807) is 36.4 Å². The molecule has 0 saturated heterocycles. The first-order valence-electron chi connectivity index (χ1n) is 12.4. The molecule has 1 heterocycles. The number of rotatable bonds is 8. The number of hydrogen-bond acceptors (Lipinski definition) is 3. The molecule has 40 heavy (non-hydrogen) atoms. The third-order valence-corrected chi connectivity index (χ3v) is 6.77. The number of hydrazone groups is 1. The summed E-state index contributed by atoms with van der Waals surface area (Å²) < 4.78 is 21.2. The van der Waals surface area contributed by atoms with Crippen molar-refractivity contribution >= 4 is 35.3 Å². The van der Waals surface area contributed by atoms with E-state index < -0.39 is 0 Å². The fourth-order valence-electron chi connectivity index (χ4n) is 4.28. The molecule has 0 unspecified atom stereocenters. The molecule has 0 aliphatic carbocycles. The van der Waals surface area contributed by atoms with Crippen LogP contribution in [0.3, 0.4) is 0 Å². The molecule has 0 bridgehead atoms. The van der Waals surface area contributed by atoms with Crippen LogP contribution in [-0.2, 0) is 6.61 Å². The van der Waals surface area contributed by atoms with Gasteiger partial charge in [-0.15, -0.1) is 0 Å². The van der Waals surface area contributed by atoms with E-state index in [1.807, 2.05) is 37.3 Å². The summed E-state index contributed by atoms with van der Waals surface area (Å²) in [5.41, 5.74) is 8.42. The zero-order valence-electron chi connectivity index (χ0n) is 21.4. The van der Waals surface area contributed by atoms with E-state index in [-0.39, 0.29) is 34.1 Å². The molecular weight excluding hydrogens is 548 g/mol. The first kappa shape index (κ1) is 27.2. The zero-order valence-corrected chi connectivity index (χ0v) is 23.0. The van der Waals surface area contributed by atoms with Gasteiger partial charge in [0.1, 0.15) is 12.4 Å². The molecule has 5 rings (SSSR count). The number of aryl methyl sites for hydroxylation is 1. The Hall–Kier alpha value is -4.39. The van der Waals surface area contributed by atoms with Crippen molar-refractivity contribution in [3.8, 4) is 22.7 Å². The molecule has 8 heteroatoms. The summed E-state index contributed by atoms with van der Waals surface area (Å²) in [6, 6.07) is 30.9. The van der Waals surface area contributed by atoms with Crippen LogP contribution < -0.4 is 10.2 Å². The van der Waals surface area contributed by atoms with Crippen LogP contribution in [0, 0.1) is 12.7 Å². The minimum atomic E-state index is -0.359. The molecule has 1 amide bonds. The van der Waals surface area contributed by atoms with Gasteiger partial charge >= 0.3 is 0 Å². The largest absolute Gasteiger partial charge is 0.486 e. The van der Waals surface area contributed by atoms with Crippen molar-refractivity contribution < 1.29 is 13.9 Å². The van der Waals surface area contributed by atoms with Crippen LogP contribution in [0.1, 0.15) is 27.2 Å². The maximum atomic E-state index is 13.4. The molecular formula is C32H24Cl2FN3O2. The highest BCUT2D eigenvalue weighted by atomic mass is 35.5. The van der Waals surface area contributed by atoms with E-state index in [0.717, 1.165) is 22.6 Å². The molecule has 1 aromatic heterocycles. The van der Waals surface area contributed by atoms with Gasteiger partial charge in [0.25, 0.3) is 5.91 Å². The maximum Gasteiger partial charge on any atom is 0.271 e. The minimum Gasteiger partial charge on any atom is -0.486 e. The molecule has 0 spiro atoms. The van der Waals surface area contributed by atoms with Crippen molar-refractivity contribution in [2.24, 2.45) is 5.10 Å². The smallest absolute Gasteiger partial charge is 0.271 e. The second-order valence-corrected chi connectivity index (χ2v) is 9.85. The Labute approximate surface area is 241 Å². The van der Waals surface area contributed by atoms with Crippen LogP contribution in [0.15, 0.2) is 108 Å². The number of carbonyl (C=O) groups excluding carboxylic acids is 1. The SMILES string of the molecule is Cc1ccc(-c2ccccc2)n1-c1ccc(C(=O)N/N=C/c2cc(Cl)c(OCc3cccc(F)c3)c(Cl)c2)cc1. The van der Waals surface area contributed by atoms with Gasteiger partial charge < -0.3 is 9.30 Å². The van der Waals surface area contributed by atoms with Gasteiger partial charge in [0.05, 0.1) is 22.0 Å². The summed E-state index contributed by atoms with van der Waals surface area (Å²) >= 11 is 12.7. The van der Waals surface area contributed by atoms with E-state index in [4.69, 9.17) is 27.9 Å². The standard InChI is InChI=1S/C32H24Cl2FN3O2/c1-21-10-15-30(24-7-3-2-4-8-24)38(21)27-13-11-25(12-14-27)32(39)37-36-19-23-17-28(33)31(29(34)18-23)40-20-22-6-5-9-26(35)16-22/h2-19H,20H2,1H3,(H,37,39)/b36-19+. The first-order valence-corrected chi connectivity index (χ1v) is 13.2. The van der Waals surface area contributed by atoms with E-state index in [0.29, 0.717) is 16.7 Å². The van der Waals surface area contributed by atoms with Gasteiger partial charge in [0, 0.05) is 16.9 Å². The number of nitrogens with one attached hydrogen (secondary N) is 1. The number of nitrogens with zero attached hydrogens (tertiary/aromatic N) is 2. The number of ether oxygens (including phenoxy) is 1. The molecule has 4 aromatic carbocycles. The Bertz CT molecular complexity index is 1660. The van der Waals surface area contributed by atoms with Crippen LogP contribution in [-0.4, -0.2) is 16.7 Å². The van der Waals surface area contributed by atoms with Crippen LogP contribution in [0.2, 0.25) is 10.0 Å². The lowest BCUT2D eigenvalue weighted by Crippen LogP contribution is -2.17. The molecule has 0 aliphatic rings. The molecule has 0 aliphatic heterocycles. The Morgan fingerprint density at radius 1 is 0.925 bits per heavy atom. The van der Waals surface area contributed by atoms with Crippen LogP contribution in [0.4, 0.5) is 4.39 Å². The van der Waals surface area contributed by atoms with Gasteiger partial charge in [-0.2, -0.15) is 5.10 Å². The highest BCUT2D eigenvalue weighted by Gasteiger charge is 2.12. The second-order valence-electron chi connectivity index (χ2n) is 9.04. The zero-order chi connectivity index (χ0) is 28.1. The van der Waals surface area contributed by atoms with Crippen LogP contribution >= 0.6 is 23.2 Å². The summed E-state index contributed by atoms with van der Waals surface area (Å²) in [5.74, 6) is -0.430. The van der Waals surface area contributed by atoms with Gasteiger partial charge in [-0.05, 0) is 84.3 Å². The lowest BCUT2D eigenvalue weighted by atomic mass is 10.1. The molecule has 200 valence electrons. The van der Waals surface area contributed by atoms with Gasteiger partial charge in [-0.1, -0.05) is 65.7 Å². The summed E-state index contributed by atoms with van der Waals surface area (Å²) in [6.45, 7) is 2.15. The first-order chi connectivity index (χ1) is 19.4. The Morgan fingerprint density at radius 3 is 2.35 bits per heavy atom. The van der Waals surface area contributed by atoms with Crippen molar-refractivity contribution in [1.82, 2.24) is 9.99 Å². The van der Waals surface area contributed by atoms with E-state index in [9.17, 15) is 9.18 Å². The average Bonchev–Trinajstić information content (AvgIpc) is 3.34.